The maximum Gasteiger partial charge on any atom is 0.328 e. The molecule has 1 aromatic carbocycles. The monoisotopic (exact) mass is 319 g/mol. The number of ketones is 1. The van der Waals surface area contributed by atoms with Crippen LogP contribution in [-0.4, -0.2) is 28.6 Å². The Bertz CT molecular complexity index is 677. The number of non-ortho nitro benzene ring substituents is 1. The van der Waals surface area contributed by atoms with E-state index in [1.165, 1.54) is 31.2 Å². The SMILES string of the molecule is CC(=O)CC(c1ccc([N+](=O)[O-])cc1)C1C(=O)NC(=O)NC1=O. The van der Waals surface area contributed by atoms with Crippen molar-refractivity contribution >= 4 is 29.3 Å². The predicted molar refractivity (Wildman–Crippen MR) is 76.3 cm³/mol. The molecule has 1 aliphatic heterocycles. The van der Waals surface area contributed by atoms with E-state index in [-0.39, 0.29) is 17.9 Å². The zero-order chi connectivity index (χ0) is 17.1. The molecule has 0 saturated carbocycles. The molecular weight excluding hydrogens is 306 g/mol. The third kappa shape index (κ3) is 3.57. The van der Waals surface area contributed by atoms with Crippen LogP contribution in [0.3, 0.4) is 0 Å². The summed E-state index contributed by atoms with van der Waals surface area (Å²) in [6.07, 6.45) is -0.114. The van der Waals surface area contributed by atoms with E-state index >= 15 is 0 Å². The molecule has 1 fully saturated rings. The third-order valence-corrected chi connectivity index (χ3v) is 3.48. The van der Waals surface area contributed by atoms with Crippen LogP contribution in [0.15, 0.2) is 24.3 Å². The van der Waals surface area contributed by atoms with E-state index in [1.807, 2.05) is 10.6 Å². The average molecular weight is 319 g/mol. The molecule has 120 valence electrons. The fourth-order valence-electron chi connectivity index (χ4n) is 2.48. The second-order valence-electron chi connectivity index (χ2n) is 5.15. The standard InChI is InChI=1S/C14H13N3O6/c1-7(18)6-10(8-2-4-9(5-3-8)17(22)23)11-12(19)15-14(21)16-13(11)20/h2-5,10-11H,6H2,1H3,(H2,15,16,19,20,21). The Kier molecular flexibility index (Phi) is 4.49. The maximum atomic E-state index is 12.0. The van der Waals surface area contributed by atoms with Crippen LogP contribution in [0.25, 0.3) is 0 Å². The number of nitro groups is 1. The molecule has 4 amide bonds. The first-order valence-electron chi connectivity index (χ1n) is 6.69. The summed E-state index contributed by atoms with van der Waals surface area (Å²) in [5.41, 5.74) is 0.276. The molecule has 23 heavy (non-hydrogen) atoms. The number of Topliss-reactive ketones (excluding diaryl/α,β-unsaturated/α-hetero) is 1. The first-order chi connectivity index (χ1) is 10.8. The van der Waals surface area contributed by atoms with Crippen molar-refractivity contribution in [3.8, 4) is 0 Å². The van der Waals surface area contributed by atoms with Gasteiger partial charge in [0.15, 0.2) is 0 Å². The molecule has 0 bridgehead atoms. The smallest absolute Gasteiger partial charge is 0.300 e. The van der Waals surface area contributed by atoms with Gasteiger partial charge in [-0.25, -0.2) is 4.79 Å². The van der Waals surface area contributed by atoms with Gasteiger partial charge in [-0.05, 0) is 12.5 Å². The fraction of sp³-hybridized carbons (Fsp3) is 0.286. The summed E-state index contributed by atoms with van der Waals surface area (Å²) in [7, 11) is 0. The summed E-state index contributed by atoms with van der Waals surface area (Å²) in [6.45, 7) is 1.31. The lowest BCUT2D eigenvalue weighted by molar-refractivity contribution is -0.384. The molecule has 1 aromatic rings. The summed E-state index contributed by atoms with van der Waals surface area (Å²) in [4.78, 5) is 56.7. The highest BCUT2D eigenvalue weighted by Gasteiger charge is 2.41. The summed E-state index contributed by atoms with van der Waals surface area (Å²) in [5.74, 6) is -3.95. The number of nitro benzene ring substituents is 1. The number of imide groups is 2. The molecule has 9 nitrogen and oxygen atoms in total. The minimum absolute atomic E-state index is 0.114. The van der Waals surface area contributed by atoms with Crippen LogP contribution in [0.1, 0.15) is 24.8 Å². The minimum atomic E-state index is -1.27. The van der Waals surface area contributed by atoms with Gasteiger partial charge < -0.3 is 4.79 Å². The van der Waals surface area contributed by atoms with E-state index in [1.54, 1.807) is 0 Å². The topological polar surface area (TPSA) is 135 Å². The van der Waals surface area contributed by atoms with Crippen molar-refractivity contribution in [1.82, 2.24) is 10.6 Å². The molecule has 0 aromatic heterocycles. The largest absolute Gasteiger partial charge is 0.328 e. The Morgan fingerprint density at radius 3 is 2.13 bits per heavy atom. The summed E-state index contributed by atoms with van der Waals surface area (Å²) in [6, 6.07) is 4.32. The van der Waals surface area contributed by atoms with E-state index in [0.29, 0.717) is 5.56 Å². The number of nitrogens with one attached hydrogen (secondary N) is 2. The van der Waals surface area contributed by atoms with Crippen LogP contribution in [-0.2, 0) is 14.4 Å². The quantitative estimate of drug-likeness (QED) is 0.464. The van der Waals surface area contributed by atoms with Crippen LogP contribution in [0.4, 0.5) is 10.5 Å². The van der Waals surface area contributed by atoms with Crippen molar-refractivity contribution in [3.05, 3.63) is 39.9 Å². The van der Waals surface area contributed by atoms with E-state index in [9.17, 15) is 29.3 Å². The van der Waals surface area contributed by atoms with Gasteiger partial charge in [0, 0.05) is 24.5 Å². The number of carbonyl (C=O) groups excluding carboxylic acids is 4. The number of rotatable bonds is 5. The van der Waals surface area contributed by atoms with Crippen molar-refractivity contribution in [2.75, 3.05) is 0 Å². The predicted octanol–water partition coefficient (Wildman–Crippen LogP) is 0.640. The Hall–Kier alpha value is -3.10. The van der Waals surface area contributed by atoms with Gasteiger partial charge in [-0.3, -0.25) is 30.3 Å². The first kappa shape index (κ1) is 16.3. The highest BCUT2D eigenvalue weighted by molar-refractivity contribution is 6.16. The van der Waals surface area contributed by atoms with E-state index in [0.717, 1.165) is 0 Å². The summed E-state index contributed by atoms with van der Waals surface area (Å²) >= 11 is 0. The third-order valence-electron chi connectivity index (χ3n) is 3.48. The van der Waals surface area contributed by atoms with Gasteiger partial charge in [-0.2, -0.15) is 0 Å². The first-order valence-corrected chi connectivity index (χ1v) is 6.69. The number of hydrogen-bond acceptors (Lipinski definition) is 6. The number of amides is 4. The molecule has 0 radical (unpaired) electrons. The number of hydrogen-bond donors (Lipinski definition) is 2. The van der Waals surface area contributed by atoms with E-state index in [4.69, 9.17) is 0 Å². The molecule has 1 atom stereocenters. The van der Waals surface area contributed by atoms with Gasteiger partial charge in [0.25, 0.3) is 5.69 Å². The normalized spacial score (nSPS) is 16.5. The fourth-order valence-corrected chi connectivity index (χ4v) is 2.48. The lowest BCUT2D eigenvalue weighted by Gasteiger charge is -2.27. The molecule has 1 saturated heterocycles. The van der Waals surface area contributed by atoms with E-state index < -0.39 is 34.6 Å². The van der Waals surface area contributed by atoms with Gasteiger partial charge >= 0.3 is 6.03 Å². The Balaban J connectivity index is 2.38. The van der Waals surface area contributed by atoms with Crippen molar-refractivity contribution in [2.24, 2.45) is 5.92 Å². The number of benzene rings is 1. The summed E-state index contributed by atoms with van der Waals surface area (Å²) < 4.78 is 0. The Labute approximate surface area is 130 Å². The van der Waals surface area contributed by atoms with Gasteiger partial charge in [-0.1, -0.05) is 12.1 Å². The second kappa shape index (κ2) is 6.34. The lowest BCUT2D eigenvalue weighted by Crippen LogP contribution is -2.57. The maximum absolute atomic E-state index is 12.0. The van der Waals surface area contributed by atoms with Crippen LogP contribution in [0.2, 0.25) is 0 Å². The van der Waals surface area contributed by atoms with Crippen LogP contribution < -0.4 is 10.6 Å². The molecule has 1 heterocycles. The van der Waals surface area contributed by atoms with Gasteiger partial charge in [-0.15, -0.1) is 0 Å². The average Bonchev–Trinajstić information content (AvgIpc) is 2.45. The molecule has 1 aliphatic rings. The Morgan fingerprint density at radius 2 is 1.70 bits per heavy atom. The number of nitrogens with zero attached hydrogens (tertiary/aromatic N) is 1. The van der Waals surface area contributed by atoms with Crippen molar-refractivity contribution in [2.45, 2.75) is 19.3 Å². The van der Waals surface area contributed by atoms with Crippen LogP contribution >= 0.6 is 0 Å². The summed E-state index contributed by atoms with van der Waals surface area (Å²) in [5, 5.41) is 14.7. The van der Waals surface area contributed by atoms with Gasteiger partial charge in [0.1, 0.15) is 11.7 Å². The van der Waals surface area contributed by atoms with Crippen LogP contribution in [0.5, 0.6) is 0 Å². The van der Waals surface area contributed by atoms with Crippen LogP contribution in [0, 0.1) is 16.0 Å². The molecule has 0 aliphatic carbocycles. The molecule has 9 heteroatoms. The van der Waals surface area contributed by atoms with Crippen molar-refractivity contribution < 1.29 is 24.1 Å². The lowest BCUT2D eigenvalue weighted by atomic mass is 9.80. The zero-order valence-corrected chi connectivity index (χ0v) is 12.1. The molecule has 2 rings (SSSR count). The molecule has 0 spiro atoms. The zero-order valence-electron chi connectivity index (χ0n) is 12.1. The van der Waals surface area contributed by atoms with Gasteiger partial charge in [0.2, 0.25) is 11.8 Å². The van der Waals surface area contributed by atoms with Crippen molar-refractivity contribution in [1.29, 1.82) is 0 Å². The number of barbiturate groups is 1. The number of urea groups is 1. The highest BCUT2D eigenvalue weighted by Crippen LogP contribution is 2.31. The minimum Gasteiger partial charge on any atom is -0.300 e. The van der Waals surface area contributed by atoms with Crippen molar-refractivity contribution in [3.63, 3.8) is 0 Å². The Morgan fingerprint density at radius 1 is 1.17 bits per heavy atom. The van der Waals surface area contributed by atoms with E-state index in [2.05, 4.69) is 0 Å². The molecule has 1 unspecified atom stereocenters. The number of carbonyl (C=O) groups is 4. The molecule has 2 N–H and O–H groups in total. The second-order valence-corrected chi connectivity index (χ2v) is 5.15. The molecular formula is C14H13N3O6. The van der Waals surface area contributed by atoms with Gasteiger partial charge in [0.05, 0.1) is 4.92 Å². The highest BCUT2D eigenvalue weighted by atomic mass is 16.6.